The molecule has 5 heteroatoms. The van der Waals surface area contributed by atoms with Crippen LogP contribution in [0.3, 0.4) is 0 Å². The van der Waals surface area contributed by atoms with Crippen LogP contribution < -0.4 is 0 Å². The number of carbonyl (C=O) groups excluding carboxylic acids is 1. The molecule has 0 heterocycles. The molecule has 0 saturated carbocycles. The quantitative estimate of drug-likeness (QED) is 0.641. The van der Waals surface area contributed by atoms with E-state index in [2.05, 4.69) is 12.1 Å². The molecule has 0 aliphatic heterocycles. The summed E-state index contributed by atoms with van der Waals surface area (Å²) in [6.45, 7) is 5.74. The van der Waals surface area contributed by atoms with E-state index in [0.29, 0.717) is 0 Å². The molecule has 0 N–H and O–H groups in total. The maximum atomic E-state index is 11.8. The van der Waals surface area contributed by atoms with Crippen LogP contribution in [0.25, 0.3) is 0 Å². The topological polar surface area (TPSA) is 49.7 Å². The second kappa shape index (κ2) is 6.01. The zero-order valence-electron chi connectivity index (χ0n) is 9.24. The van der Waals surface area contributed by atoms with Gasteiger partial charge in [-0.2, -0.15) is 0 Å². The maximum Gasteiger partial charge on any atom is 0.239 e. The average Bonchev–Trinajstić information content (AvgIpc) is 2.14. The lowest BCUT2D eigenvalue weighted by atomic mass is 10.2. The molecule has 4 nitrogen and oxygen atoms in total. The Bertz CT molecular complexity index is 207. The molecular weight excluding hydrogens is 200 g/mol. The second-order valence-corrected chi connectivity index (χ2v) is 5.35. The molecule has 0 atom stereocenters. The minimum atomic E-state index is -0.463. The summed E-state index contributed by atoms with van der Waals surface area (Å²) in [7, 11) is 1.60. The van der Waals surface area contributed by atoms with Gasteiger partial charge in [0.2, 0.25) is 5.91 Å². The molecule has 0 saturated heterocycles. The lowest BCUT2D eigenvalue weighted by molar-refractivity contribution is -0.131. The van der Waals surface area contributed by atoms with E-state index in [1.807, 2.05) is 13.8 Å². The molecule has 82 valence electrons. The van der Waals surface area contributed by atoms with Crippen molar-refractivity contribution in [2.24, 2.45) is 5.18 Å². The normalized spacial score (nSPS) is 11.1. The van der Waals surface area contributed by atoms with Gasteiger partial charge in [-0.3, -0.25) is 4.79 Å². The fourth-order valence-electron chi connectivity index (χ4n) is 1.03. The van der Waals surface area contributed by atoms with Crippen LogP contribution in [0.4, 0.5) is 0 Å². The Morgan fingerprint density at radius 2 is 2.07 bits per heavy atom. The van der Waals surface area contributed by atoms with Gasteiger partial charge >= 0.3 is 0 Å². The molecule has 0 fully saturated rings. The Morgan fingerprint density at radius 3 is 2.50 bits per heavy atom. The Labute approximate surface area is 89.4 Å². The van der Waals surface area contributed by atoms with Crippen molar-refractivity contribution in [2.45, 2.75) is 31.9 Å². The van der Waals surface area contributed by atoms with Gasteiger partial charge in [0.05, 0.1) is 4.75 Å². The average molecular weight is 218 g/mol. The third kappa shape index (κ3) is 4.09. The number of amides is 1. The van der Waals surface area contributed by atoms with E-state index in [1.54, 1.807) is 18.8 Å². The lowest BCUT2D eigenvalue weighted by Crippen LogP contribution is -2.41. The highest BCUT2D eigenvalue weighted by atomic mass is 32.2. The van der Waals surface area contributed by atoms with Gasteiger partial charge in [0.15, 0.2) is 6.67 Å². The van der Waals surface area contributed by atoms with Gasteiger partial charge in [-0.15, -0.1) is 16.7 Å². The number of hydrogen-bond donors (Lipinski definition) is 0. The minimum Gasteiger partial charge on any atom is -0.322 e. The van der Waals surface area contributed by atoms with Gasteiger partial charge in [-0.1, -0.05) is 6.92 Å². The molecule has 0 aromatic carbocycles. The Hall–Kier alpha value is -0.580. The largest absolute Gasteiger partial charge is 0.322 e. The lowest BCUT2D eigenvalue weighted by Gasteiger charge is -2.27. The standard InChI is InChI=1S/C9H18N2O2S/c1-5-6-14-9(2,3)8(12)11(4)7-10-13/h5-7H2,1-4H3. The molecule has 0 radical (unpaired) electrons. The first kappa shape index (κ1) is 13.4. The first-order valence-electron chi connectivity index (χ1n) is 4.64. The van der Waals surface area contributed by atoms with E-state index in [4.69, 9.17) is 0 Å². The van der Waals surface area contributed by atoms with Crippen LogP contribution in [-0.4, -0.2) is 35.0 Å². The number of rotatable bonds is 6. The first-order chi connectivity index (χ1) is 6.45. The molecule has 0 unspecified atom stereocenters. The third-order valence-electron chi connectivity index (χ3n) is 1.80. The zero-order chi connectivity index (χ0) is 11.2. The van der Waals surface area contributed by atoms with Gasteiger partial charge in [0.25, 0.3) is 0 Å². The molecule has 0 aromatic rings. The highest BCUT2D eigenvalue weighted by molar-refractivity contribution is 8.01. The summed E-state index contributed by atoms with van der Waals surface area (Å²) in [6.07, 6.45) is 1.04. The van der Waals surface area contributed by atoms with Gasteiger partial charge in [-0.25, -0.2) is 0 Å². The highest BCUT2D eigenvalue weighted by Gasteiger charge is 2.30. The van der Waals surface area contributed by atoms with Crippen molar-refractivity contribution in [3.8, 4) is 0 Å². The molecule has 1 amide bonds. The summed E-state index contributed by atoms with van der Waals surface area (Å²) >= 11 is 1.61. The summed E-state index contributed by atoms with van der Waals surface area (Å²) in [6, 6.07) is 0. The number of carbonyl (C=O) groups is 1. The van der Waals surface area contributed by atoms with E-state index in [9.17, 15) is 9.70 Å². The van der Waals surface area contributed by atoms with Crippen LogP contribution in [-0.2, 0) is 4.79 Å². The van der Waals surface area contributed by atoms with E-state index in [0.717, 1.165) is 12.2 Å². The molecule has 0 aliphatic carbocycles. The van der Waals surface area contributed by atoms with Crippen molar-refractivity contribution in [1.82, 2.24) is 4.90 Å². The fraction of sp³-hybridized carbons (Fsp3) is 0.889. The van der Waals surface area contributed by atoms with Crippen molar-refractivity contribution in [3.63, 3.8) is 0 Å². The van der Waals surface area contributed by atoms with Crippen molar-refractivity contribution in [2.75, 3.05) is 19.5 Å². The first-order valence-corrected chi connectivity index (χ1v) is 5.63. The summed E-state index contributed by atoms with van der Waals surface area (Å²) in [4.78, 5) is 23.1. The zero-order valence-corrected chi connectivity index (χ0v) is 10.1. The number of nitrogens with zero attached hydrogens (tertiary/aromatic N) is 2. The Kier molecular flexibility index (Phi) is 5.76. The van der Waals surface area contributed by atoms with Crippen LogP contribution in [0, 0.1) is 4.91 Å². The molecular formula is C9H18N2O2S. The smallest absolute Gasteiger partial charge is 0.239 e. The predicted molar refractivity (Wildman–Crippen MR) is 60.3 cm³/mol. The third-order valence-corrected chi connectivity index (χ3v) is 3.31. The van der Waals surface area contributed by atoms with Crippen LogP contribution in [0.1, 0.15) is 27.2 Å². The van der Waals surface area contributed by atoms with Crippen LogP contribution in [0.15, 0.2) is 5.18 Å². The van der Waals surface area contributed by atoms with Gasteiger partial charge < -0.3 is 4.90 Å². The molecule has 14 heavy (non-hydrogen) atoms. The van der Waals surface area contributed by atoms with Gasteiger partial charge in [0, 0.05) is 7.05 Å². The monoisotopic (exact) mass is 218 g/mol. The molecule has 0 aliphatic rings. The second-order valence-electron chi connectivity index (χ2n) is 3.63. The van der Waals surface area contributed by atoms with E-state index in [1.165, 1.54) is 4.90 Å². The SMILES string of the molecule is CCCSC(C)(C)C(=O)N(C)CN=O. The van der Waals surface area contributed by atoms with Crippen molar-refractivity contribution >= 4 is 17.7 Å². The number of nitroso groups, excluding NO2 is 1. The summed E-state index contributed by atoms with van der Waals surface area (Å²) in [5.74, 6) is 0.900. The Balaban J connectivity index is 4.25. The number of hydrogen-bond acceptors (Lipinski definition) is 4. The fourth-order valence-corrected chi connectivity index (χ4v) is 2.02. The molecule has 0 bridgehead atoms. The van der Waals surface area contributed by atoms with Crippen LogP contribution in [0.2, 0.25) is 0 Å². The minimum absolute atomic E-state index is 0.0458. The van der Waals surface area contributed by atoms with Gasteiger partial charge in [0.1, 0.15) is 0 Å². The predicted octanol–water partition coefficient (Wildman–Crippen LogP) is 2.09. The van der Waals surface area contributed by atoms with Crippen LogP contribution in [0.5, 0.6) is 0 Å². The van der Waals surface area contributed by atoms with E-state index >= 15 is 0 Å². The van der Waals surface area contributed by atoms with E-state index in [-0.39, 0.29) is 12.6 Å². The van der Waals surface area contributed by atoms with E-state index < -0.39 is 4.75 Å². The van der Waals surface area contributed by atoms with Crippen molar-refractivity contribution in [1.29, 1.82) is 0 Å². The molecule has 0 rings (SSSR count). The molecule has 0 spiro atoms. The summed E-state index contributed by atoms with van der Waals surface area (Å²) in [5.41, 5.74) is 0. The van der Waals surface area contributed by atoms with Crippen LogP contribution >= 0.6 is 11.8 Å². The molecule has 0 aromatic heterocycles. The number of thioether (sulfide) groups is 1. The maximum absolute atomic E-state index is 11.8. The summed E-state index contributed by atoms with van der Waals surface area (Å²) in [5, 5.41) is 2.70. The Morgan fingerprint density at radius 1 is 1.50 bits per heavy atom. The van der Waals surface area contributed by atoms with Crippen molar-refractivity contribution < 1.29 is 4.79 Å². The van der Waals surface area contributed by atoms with Crippen molar-refractivity contribution in [3.05, 3.63) is 4.91 Å². The summed E-state index contributed by atoms with van der Waals surface area (Å²) < 4.78 is -0.463. The highest BCUT2D eigenvalue weighted by Crippen LogP contribution is 2.26. The van der Waals surface area contributed by atoms with Gasteiger partial charge in [-0.05, 0) is 31.2 Å².